The highest BCUT2D eigenvalue weighted by atomic mass is 28.3. The third kappa shape index (κ3) is 4.39. The highest BCUT2D eigenvalue weighted by Crippen LogP contribution is 2.41. The summed E-state index contributed by atoms with van der Waals surface area (Å²) in [6.07, 6.45) is 0. The van der Waals surface area contributed by atoms with Crippen molar-refractivity contribution in [3.05, 3.63) is 41.5 Å². The second-order valence-corrected chi connectivity index (χ2v) is 13.9. The molecule has 27 heavy (non-hydrogen) atoms. The number of benzene rings is 2. The molecule has 0 aliphatic heterocycles. The molecule has 0 saturated carbocycles. The molecular formula is C24H34O2Si. The molecule has 0 aliphatic carbocycles. The fraction of sp³-hybridized carbons (Fsp3) is 0.500. The summed E-state index contributed by atoms with van der Waals surface area (Å²) in [5, 5.41) is 2.40. The average Bonchev–Trinajstić information content (AvgIpc) is 2.59. The minimum atomic E-state index is -1.75. The SMILES string of the molecule is COCOc1cc(C)c2c(C#C[Si](C(C)C)(C(C)C)C(C)C)cccc2c1. The fourth-order valence-corrected chi connectivity index (χ4v) is 9.75. The lowest BCUT2D eigenvalue weighted by atomic mass is 10.00. The molecule has 2 aromatic carbocycles. The fourth-order valence-electron chi connectivity index (χ4n) is 4.53. The Morgan fingerprint density at radius 2 is 1.59 bits per heavy atom. The smallest absolute Gasteiger partial charge is 0.188 e. The van der Waals surface area contributed by atoms with E-state index in [0.29, 0.717) is 16.6 Å². The predicted molar refractivity (Wildman–Crippen MR) is 119 cm³/mol. The first-order valence-corrected chi connectivity index (χ1v) is 12.2. The lowest BCUT2D eigenvalue weighted by Crippen LogP contribution is -2.43. The van der Waals surface area contributed by atoms with Crippen molar-refractivity contribution < 1.29 is 9.47 Å². The minimum absolute atomic E-state index is 0.260. The minimum Gasteiger partial charge on any atom is -0.468 e. The van der Waals surface area contributed by atoms with Crippen molar-refractivity contribution in [2.45, 2.75) is 65.1 Å². The summed E-state index contributed by atoms with van der Waals surface area (Å²) in [6.45, 7) is 16.5. The van der Waals surface area contributed by atoms with Gasteiger partial charge in [0.1, 0.15) is 13.8 Å². The number of rotatable bonds is 6. The second-order valence-electron chi connectivity index (χ2n) is 8.34. The first-order valence-electron chi connectivity index (χ1n) is 9.92. The molecule has 0 spiro atoms. The van der Waals surface area contributed by atoms with Gasteiger partial charge in [0, 0.05) is 18.1 Å². The van der Waals surface area contributed by atoms with Gasteiger partial charge in [0.05, 0.1) is 0 Å². The van der Waals surface area contributed by atoms with Crippen LogP contribution in [0.1, 0.15) is 52.7 Å². The number of hydrogen-bond donors (Lipinski definition) is 0. The maximum absolute atomic E-state index is 5.64. The summed E-state index contributed by atoms with van der Waals surface area (Å²) < 4.78 is 10.7. The van der Waals surface area contributed by atoms with E-state index in [1.165, 1.54) is 16.3 Å². The molecule has 2 nitrogen and oxygen atoms in total. The van der Waals surface area contributed by atoms with E-state index in [1.807, 2.05) is 0 Å². The molecule has 0 fully saturated rings. The van der Waals surface area contributed by atoms with Gasteiger partial charge >= 0.3 is 0 Å². The first-order chi connectivity index (χ1) is 12.7. The Bertz CT molecular complexity index is 819. The van der Waals surface area contributed by atoms with Gasteiger partial charge in [-0.1, -0.05) is 59.6 Å². The molecule has 146 valence electrons. The molecule has 2 rings (SSSR count). The molecule has 0 heterocycles. The van der Waals surface area contributed by atoms with Crippen LogP contribution in [0.15, 0.2) is 30.3 Å². The molecular weight excluding hydrogens is 348 g/mol. The van der Waals surface area contributed by atoms with Crippen LogP contribution < -0.4 is 4.74 Å². The number of fused-ring (bicyclic) bond motifs is 1. The van der Waals surface area contributed by atoms with Crippen molar-refractivity contribution in [2.24, 2.45) is 0 Å². The Balaban J connectivity index is 2.59. The quantitative estimate of drug-likeness (QED) is 0.314. The van der Waals surface area contributed by atoms with Crippen LogP contribution in [0, 0.1) is 18.4 Å². The van der Waals surface area contributed by atoms with E-state index < -0.39 is 8.07 Å². The topological polar surface area (TPSA) is 18.5 Å². The number of aryl methyl sites for hydroxylation is 1. The lowest BCUT2D eigenvalue weighted by molar-refractivity contribution is 0.0512. The van der Waals surface area contributed by atoms with Gasteiger partial charge in [-0.25, -0.2) is 0 Å². The van der Waals surface area contributed by atoms with Crippen molar-refractivity contribution in [2.75, 3.05) is 13.9 Å². The van der Waals surface area contributed by atoms with Gasteiger partial charge in [-0.3, -0.25) is 0 Å². The van der Waals surface area contributed by atoms with Crippen LogP contribution in [-0.4, -0.2) is 22.0 Å². The zero-order chi connectivity index (χ0) is 20.2. The maximum atomic E-state index is 5.64. The first kappa shape index (κ1) is 21.5. The summed E-state index contributed by atoms with van der Waals surface area (Å²) in [7, 11) is -0.111. The number of ether oxygens (including phenoxy) is 2. The Morgan fingerprint density at radius 1 is 0.963 bits per heavy atom. The third-order valence-electron chi connectivity index (χ3n) is 5.77. The highest BCUT2D eigenvalue weighted by Gasteiger charge is 2.41. The molecule has 0 aliphatic rings. The molecule has 3 heteroatoms. The van der Waals surface area contributed by atoms with E-state index in [4.69, 9.17) is 9.47 Å². The van der Waals surface area contributed by atoms with E-state index in [1.54, 1.807) is 7.11 Å². The van der Waals surface area contributed by atoms with Crippen molar-refractivity contribution >= 4 is 18.8 Å². The maximum Gasteiger partial charge on any atom is 0.188 e. The molecule has 0 radical (unpaired) electrons. The van der Waals surface area contributed by atoms with Gasteiger partial charge in [-0.05, 0) is 52.7 Å². The van der Waals surface area contributed by atoms with Gasteiger partial charge in [0.15, 0.2) is 6.79 Å². The summed E-state index contributed by atoms with van der Waals surface area (Å²) in [5.74, 6) is 4.46. The average molecular weight is 383 g/mol. The van der Waals surface area contributed by atoms with E-state index in [0.717, 1.165) is 11.3 Å². The Kier molecular flexibility index (Phi) is 7.14. The zero-order valence-corrected chi connectivity index (χ0v) is 19.1. The zero-order valence-electron chi connectivity index (χ0n) is 18.1. The van der Waals surface area contributed by atoms with E-state index in [9.17, 15) is 0 Å². The summed E-state index contributed by atoms with van der Waals surface area (Å²) in [5.41, 5.74) is 8.07. The van der Waals surface area contributed by atoms with Crippen LogP contribution in [0.25, 0.3) is 10.8 Å². The molecule has 0 amide bonds. The largest absolute Gasteiger partial charge is 0.468 e. The standard InChI is InChI=1S/C24H34O2Si/c1-17(2)27(18(3)4,19(5)6)13-12-21-10-9-11-22-15-23(26-16-25-8)14-20(7)24(21)22/h9-11,14-15,17-19H,16H2,1-8H3. The number of methoxy groups -OCH3 is 1. The molecule has 0 atom stereocenters. The molecule has 0 bridgehead atoms. The van der Waals surface area contributed by atoms with Gasteiger partial charge in [0.25, 0.3) is 0 Å². The Morgan fingerprint density at radius 3 is 2.15 bits per heavy atom. The summed E-state index contributed by atoms with van der Waals surface area (Å²) >= 11 is 0. The van der Waals surface area contributed by atoms with Gasteiger partial charge < -0.3 is 9.47 Å². The second kappa shape index (κ2) is 8.95. The van der Waals surface area contributed by atoms with Crippen LogP contribution in [0.5, 0.6) is 5.75 Å². The van der Waals surface area contributed by atoms with Gasteiger partial charge in [0.2, 0.25) is 0 Å². The van der Waals surface area contributed by atoms with Crippen LogP contribution in [0.3, 0.4) is 0 Å². The molecule has 0 N–H and O–H groups in total. The van der Waals surface area contributed by atoms with E-state index in [2.05, 4.69) is 90.3 Å². The van der Waals surface area contributed by atoms with E-state index >= 15 is 0 Å². The van der Waals surface area contributed by atoms with Crippen molar-refractivity contribution in [1.29, 1.82) is 0 Å². The van der Waals surface area contributed by atoms with Crippen molar-refractivity contribution in [3.8, 4) is 17.2 Å². The third-order valence-corrected chi connectivity index (χ3v) is 12.1. The summed E-state index contributed by atoms with van der Waals surface area (Å²) in [6, 6.07) is 10.5. The molecule has 2 aromatic rings. The number of hydrogen-bond acceptors (Lipinski definition) is 2. The summed E-state index contributed by atoms with van der Waals surface area (Å²) in [4.78, 5) is 0. The van der Waals surface area contributed by atoms with Crippen LogP contribution in [0.2, 0.25) is 16.6 Å². The Hall–Kier alpha value is -1.76. The van der Waals surface area contributed by atoms with Crippen LogP contribution >= 0.6 is 0 Å². The van der Waals surface area contributed by atoms with Crippen molar-refractivity contribution in [1.82, 2.24) is 0 Å². The normalized spacial score (nSPS) is 12.0. The van der Waals surface area contributed by atoms with Gasteiger partial charge in [-0.15, -0.1) is 5.54 Å². The van der Waals surface area contributed by atoms with E-state index in [-0.39, 0.29) is 6.79 Å². The van der Waals surface area contributed by atoms with Crippen LogP contribution in [0.4, 0.5) is 0 Å². The Labute approximate surface area is 166 Å². The van der Waals surface area contributed by atoms with Gasteiger partial charge in [-0.2, -0.15) is 0 Å². The molecule has 0 unspecified atom stereocenters. The lowest BCUT2D eigenvalue weighted by Gasteiger charge is -2.38. The predicted octanol–water partition coefficient (Wildman–Crippen LogP) is 6.70. The molecule has 0 aromatic heterocycles. The van der Waals surface area contributed by atoms with Crippen LogP contribution in [-0.2, 0) is 4.74 Å². The monoisotopic (exact) mass is 382 g/mol. The van der Waals surface area contributed by atoms with Crippen molar-refractivity contribution in [3.63, 3.8) is 0 Å². The highest BCUT2D eigenvalue weighted by molar-refractivity contribution is 6.90. The molecule has 0 saturated heterocycles.